The fourth-order valence-corrected chi connectivity index (χ4v) is 2.67. The standard InChI is InChI=1S/C17H18FN3/c1-2-21-16-6-4-3-5-15(16)20-17(21)10-13-9-12(11-19)7-8-14(13)18/h3-9H,2,10-11,19H2,1H3. The fourth-order valence-electron chi connectivity index (χ4n) is 2.67. The second-order valence-corrected chi connectivity index (χ2v) is 5.07. The molecule has 0 spiro atoms. The van der Waals surface area contributed by atoms with Crippen LogP contribution in [0, 0.1) is 5.82 Å². The van der Waals surface area contributed by atoms with Gasteiger partial charge in [-0.25, -0.2) is 9.37 Å². The van der Waals surface area contributed by atoms with Crippen LogP contribution in [-0.2, 0) is 19.5 Å². The molecule has 0 aliphatic rings. The highest BCUT2D eigenvalue weighted by atomic mass is 19.1. The van der Waals surface area contributed by atoms with Gasteiger partial charge in [0.05, 0.1) is 11.0 Å². The average Bonchev–Trinajstić information content (AvgIpc) is 2.86. The van der Waals surface area contributed by atoms with E-state index in [2.05, 4.69) is 16.5 Å². The molecule has 0 aliphatic carbocycles. The molecule has 1 heterocycles. The van der Waals surface area contributed by atoms with Gasteiger partial charge in [0.2, 0.25) is 0 Å². The van der Waals surface area contributed by atoms with Crippen LogP contribution in [0.2, 0.25) is 0 Å². The molecule has 0 saturated carbocycles. The van der Waals surface area contributed by atoms with Gasteiger partial charge >= 0.3 is 0 Å². The van der Waals surface area contributed by atoms with Crippen molar-refractivity contribution in [2.24, 2.45) is 5.73 Å². The lowest BCUT2D eigenvalue weighted by Crippen LogP contribution is -2.05. The summed E-state index contributed by atoms with van der Waals surface area (Å²) in [6.07, 6.45) is 0.474. The van der Waals surface area contributed by atoms with Crippen LogP contribution in [0.5, 0.6) is 0 Å². The van der Waals surface area contributed by atoms with E-state index >= 15 is 0 Å². The van der Waals surface area contributed by atoms with Gasteiger partial charge < -0.3 is 10.3 Å². The van der Waals surface area contributed by atoms with Crippen molar-refractivity contribution < 1.29 is 4.39 Å². The number of para-hydroxylation sites is 2. The molecule has 1 aromatic heterocycles. The Labute approximate surface area is 123 Å². The summed E-state index contributed by atoms with van der Waals surface area (Å²) in [5.74, 6) is 0.675. The Hall–Kier alpha value is -2.20. The maximum atomic E-state index is 14.0. The molecule has 3 rings (SSSR count). The Kier molecular flexibility index (Phi) is 3.71. The second-order valence-electron chi connectivity index (χ2n) is 5.07. The number of rotatable bonds is 4. The number of hydrogen-bond acceptors (Lipinski definition) is 2. The Balaban J connectivity index is 2.05. The molecule has 0 atom stereocenters. The summed E-state index contributed by atoms with van der Waals surface area (Å²) >= 11 is 0. The van der Waals surface area contributed by atoms with Crippen molar-refractivity contribution in [1.29, 1.82) is 0 Å². The van der Waals surface area contributed by atoms with E-state index in [4.69, 9.17) is 5.73 Å². The van der Waals surface area contributed by atoms with Gasteiger partial charge in [0, 0.05) is 19.5 Å². The molecule has 0 fully saturated rings. The highest BCUT2D eigenvalue weighted by Gasteiger charge is 2.12. The minimum atomic E-state index is -0.207. The van der Waals surface area contributed by atoms with E-state index in [1.807, 2.05) is 30.3 Å². The number of aromatic nitrogens is 2. The average molecular weight is 283 g/mol. The van der Waals surface area contributed by atoms with Crippen molar-refractivity contribution in [2.75, 3.05) is 0 Å². The van der Waals surface area contributed by atoms with Gasteiger partial charge in [-0.05, 0) is 36.2 Å². The first-order valence-corrected chi connectivity index (χ1v) is 7.14. The maximum absolute atomic E-state index is 14.0. The van der Waals surface area contributed by atoms with Crippen LogP contribution in [0.1, 0.15) is 23.9 Å². The third-order valence-electron chi connectivity index (χ3n) is 3.74. The zero-order chi connectivity index (χ0) is 14.8. The molecular weight excluding hydrogens is 265 g/mol. The van der Waals surface area contributed by atoms with Crippen molar-refractivity contribution in [3.05, 3.63) is 65.2 Å². The maximum Gasteiger partial charge on any atom is 0.126 e. The van der Waals surface area contributed by atoms with Crippen molar-refractivity contribution in [2.45, 2.75) is 26.4 Å². The largest absolute Gasteiger partial charge is 0.328 e. The van der Waals surface area contributed by atoms with E-state index in [-0.39, 0.29) is 5.82 Å². The van der Waals surface area contributed by atoms with Gasteiger partial charge in [0.1, 0.15) is 11.6 Å². The quantitative estimate of drug-likeness (QED) is 0.798. The molecule has 0 unspecified atom stereocenters. The molecule has 0 bridgehead atoms. The van der Waals surface area contributed by atoms with Gasteiger partial charge in [-0.3, -0.25) is 0 Å². The molecule has 0 saturated heterocycles. The highest BCUT2D eigenvalue weighted by molar-refractivity contribution is 5.76. The summed E-state index contributed by atoms with van der Waals surface area (Å²) in [4.78, 5) is 4.64. The summed E-state index contributed by atoms with van der Waals surface area (Å²) in [7, 11) is 0. The van der Waals surface area contributed by atoms with Crippen LogP contribution in [0.25, 0.3) is 11.0 Å². The lowest BCUT2D eigenvalue weighted by Gasteiger charge is -2.08. The molecule has 3 nitrogen and oxygen atoms in total. The SMILES string of the molecule is CCn1c(Cc2cc(CN)ccc2F)nc2ccccc21. The molecule has 2 aromatic carbocycles. The normalized spacial score (nSPS) is 11.2. The number of aryl methyl sites for hydroxylation is 1. The van der Waals surface area contributed by atoms with Gasteiger partial charge in [0.25, 0.3) is 0 Å². The van der Waals surface area contributed by atoms with Crippen LogP contribution in [0.3, 0.4) is 0 Å². The van der Waals surface area contributed by atoms with Crippen LogP contribution in [0.4, 0.5) is 4.39 Å². The van der Waals surface area contributed by atoms with Gasteiger partial charge in [-0.2, -0.15) is 0 Å². The molecule has 0 aliphatic heterocycles. The summed E-state index contributed by atoms with van der Waals surface area (Å²) in [5, 5.41) is 0. The van der Waals surface area contributed by atoms with Crippen molar-refractivity contribution in [3.8, 4) is 0 Å². The third kappa shape index (κ3) is 2.54. The third-order valence-corrected chi connectivity index (χ3v) is 3.74. The minimum Gasteiger partial charge on any atom is -0.328 e. The lowest BCUT2D eigenvalue weighted by atomic mass is 10.1. The number of fused-ring (bicyclic) bond motifs is 1. The molecule has 108 valence electrons. The fraction of sp³-hybridized carbons (Fsp3) is 0.235. The van der Waals surface area contributed by atoms with E-state index in [0.717, 1.165) is 29.0 Å². The zero-order valence-electron chi connectivity index (χ0n) is 12.0. The van der Waals surface area contributed by atoms with Crippen molar-refractivity contribution >= 4 is 11.0 Å². The van der Waals surface area contributed by atoms with E-state index in [1.165, 1.54) is 6.07 Å². The van der Waals surface area contributed by atoms with Gasteiger partial charge in [-0.1, -0.05) is 24.3 Å². The number of hydrogen-bond donors (Lipinski definition) is 1. The van der Waals surface area contributed by atoms with Crippen molar-refractivity contribution in [1.82, 2.24) is 9.55 Å². The highest BCUT2D eigenvalue weighted by Crippen LogP contribution is 2.20. The first-order chi connectivity index (χ1) is 10.2. The van der Waals surface area contributed by atoms with Crippen LogP contribution >= 0.6 is 0 Å². The second kappa shape index (κ2) is 5.66. The number of benzene rings is 2. The number of halogens is 1. The van der Waals surface area contributed by atoms with Gasteiger partial charge in [-0.15, -0.1) is 0 Å². The molecule has 0 amide bonds. The predicted octanol–water partition coefficient (Wildman–Crippen LogP) is 3.24. The van der Waals surface area contributed by atoms with E-state index in [9.17, 15) is 4.39 Å². The molecule has 0 radical (unpaired) electrons. The van der Waals surface area contributed by atoms with Gasteiger partial charge in [0.15, 0.2) is 0 Å². The molecule has 4 heteroatoms. The molecule has 21 heavy (non-hydrogen) atoms. The zero-order valence-corrected chi connectivity index (χ0v) is 12.0. The first-order valence-electron chi connectivity index (χ1n) is 7.14. The summed E-state index contributed by atoms with van der Waals surface area (Å²) in [6.45, 7) is 3.30. The molecular formula is C17H18FN3. The first kappa shape index (κ1) is 13.8. The Morgan fingerprint density at radius 3 is 2.76 bits per heavy atom. The van der Waals surface area contributed by atoms with Crippen LogP contribution in [0.15, 0.2) is 42.5 Å². The Morgan fingerprint density at radius 2 is 2.00 bits per heavy atom. The number of nitrogens with two attached hydrogens (primary N) is 1. The Bertz CT molecular complexity index is 777. The topological polar surface area (TPSA) is 43.8 Å². The minimum absolute atomic E-state index is 0.207. The molecule has 2 N–H and O–H groups in total. The molecule has 3 aromatic rings. The van der Waals surface area contributed by atoms with Crippen molar-refractivity contribution in [3.63, 3.8) is 0 Å². The summed E-state index contributed by atoms with van der Waals surface area (Å²) in [5.41, 5.74) is 9.25. The smallest absolute Gasteiger partial charge is 0.126 e. The number of nitrogens with zero attached hydrogens (tertiary/aromatic N) is 2. The summed E-state index contributed by atoms with van der Waals surface area (Å²) < 4.78 is 16.1. The summed E-state index contributed by atoms with van der Waals surface area (Å²) in [6, 6.07) is 13.0. The monoisotopic (exact) mass is 283 g/mol. The predicted molar refractivity (Wildman–Crippen MR) is 82.5 cm³/mol. The van der Waals surface area contributed by atoms with E-state index in [0.29, 0.717) is 18.5 Å². The van der Waals surface area contributed by atoms with Crippen LogP contribution < -0.4 is 5.73 Å². The van der Waals surface area contributed by atoms with E-state index in [1.54, 1.807) is 6.07 Å². The van der Waals surface area contributed by atoms with E-state index < -0.39 is 0 Å². The Morgan fingerprint density at radius 1 is 1.19 bits per heavy atom. The number of imidazole rings is 1. The van der Waals surface area contributed by atoms with Crippen LogP contribution in [-0.4, -0.2) is 9.55 Å². The lowest BCUT2D eigenvalue weighted by molar-refractivity contribution is 0.607.